The van der Waals surface area contributed by atoms with E-state index >= 15 is 0 Å². The van der Waals surface area contributed by atoms with Crippen LogP contribution in [0.25, 0.3) is 16.4 Å². The maximum atomic E-state index is 14.6. The highest BCUT2D eigenvalue weighted by Crippen LogP contribution is 2.38. The van der Waals surface area contributed by atoms with Gasteiger partial charge in [0.1, 0.15) is 10.7 Å². The van der Waals surface area contributed by atoms with E-state index in [4.69, 9.17) is 21.8 Å². The maximum Gasteiger partial charge on any atom is 0.355 e. The summed E-state index contributed by atoms with van der Waals surface area (Å²) >= 11 is 7.26. The Morgan fingerprint density at radius 2 is 1.94 bits per heavy atom. The number of thiazole rings is 1. The van der Waals surface area contributed by atoms with Gasteiger partial charge >= 0.3 is 5.97 Å². The molecule has 186 valence electrons. The fourth-order valence-corrected chi connectivity index (χ4v) is 5.51. The predicted molar refractivity (Wildman–Crippen MR) is 134 cm³/mol. The van der Waals surface area contributed by atoms with Gasteiger partial charge in [0.15, 0.2) is 5.69 Å². The van der Waals surface area contributed by atoms with Crippen LogP contribution in [-0.2, 0) is 22.9 Å². The van der Waals surface area contributed by atoms with E-state index in [0.717, 1.165) is 41.8 Å². The maximum absolute atomic E-state index is 14.6. The van der Waals surface area contributed by atoms with Crippen LogP contribution >= 0.6 is 22.9 Å². The molecule has 0 spiro atoms. The number of carbonyl (C=O) groups is 1. The summed E-state index contributed by atoms with van der Waals surface area (Å²) in [5.41, 5.74) is 3.55. The number of benzene rings is 2. The molecular formula is C24H20ClFN4O4S2. The lowest BCUT2D eigenvalue weighted by Crippen LogP contribution is -2.14. The number of rotatable bonds is 8. The van der Waals surface area contributed by atoms with Crippen LogP contribution in [0.3, 0.4) is 0 Å². The highest BCUT2D eigenvalue weighted by molar-refractivity contribution is 7.89. The number of hydrogen-bond acceptors (Lipinski definition) is 6. The molecule has 1 saturated carbocycles. The Kier molecular flexibility index (Phi) is 6.41. The first kappa shape index (κ1) is 24.6. The summed E-state index contributed by atoms with van der Waals surface area (Å²) in [5.74, 6) is -1.60. The number of aromatic nitrogens is 3. The fourth-order valence-electron chi connectivity index (χ4n) is 4.02. The molecular weight excluding hydrogens is 527 g/mol. The van der Waals surface area contributed by atoms with Crippen LogP contribution in [0.2, 0.25) is 5.02 Å². The van der Waals surface area contributed by atoms with Gasteiger partial charge in [0, 0.05) is 28.0 Å². The molecule has 3 N–H and O–H groups in total. The largest absolute Gasteiger partial charge is 0.476 e. The Labute approximate surface area is 215 Å². The zero-order chi connectivity index (χ0) is 25.6. The summed E-state index contributed by atoms with van der Waals surface area (Å²) in [4.78, 5) is 15.1. The molecule has 2 aromatic heterocycles. The van der Waals surface area contributed by atoms with E-state index in [2.05, 4.69) is 4.98 Å². The van der Waals surface area contributed by atoms with E-state index in [1.165, 1.54) is 22.8 Å². The number of hydrogen-bond donors (Lipinski definition) is 2. The van der Waals surface area contributed by atoms with E-state index in [-0.39, 0.29) is 12.1 Å². The van der Waals surface area contributed by atoms with Crippen LogP contribution in [-0.4, -0.2) is 34.3 Å². The fraction of sp³-hybridized carbons (Fsp3) is 0.208. The third-order valence-corrected chi connectivity index (χ3v) is 7.97. The monoisotopic (exact) mass is 546 g/mol. The van der Waals surface area contributed by atoms with Crippen molar-refractivity contribution < 1.29 is 22.7 Å². The van der Waals surface area contributed by atoms with Crippen molar-refractivity contribution in [1.82, 2.24) is 14.8 Å². The first-order valence-electron chi connectivity index (χ1n) is 11.0. The van der Waals surface area contributed by atoms with Crippen molar-refractivity contribution in [3.8, 4) is 16.4 Å². The lowest BCUT2D eigenvalue weighted by molar-refractivity contribution is 0.0691. The molecule has 4 aromatic rings. The van der Waals surface area contributed by atoms with E-state index in [0.29, 0.717) is 33.8 Å². The SMILES string of the molecule is NS(=O)(=O)c1ccc(Cc2c(-c3ccc(Cl)cc3)nn(-c3nc(C(=O)O)cs3)c2CC2CC2)cc1F. The molecule has 1 fully saturated rings. The zero-order valence-electron chi connectivity index (χ0n) is 18.7. The van der Waals surface area contributed by atoms with Crippen molar-refractivity contribution >= 4 is 38.9 Å². The van der Waals surface area contributed by atoms with Gasteiger partial charge in [-0.15, -0.1) is 11.3 Å². The Hall–Kier alpha value is -3.12. The van der Waals surface area contributed by atoms with Gasteiger partial charge in [0.25, 0.3) is 0 Å². The molecule has 0 bridgehead atoms. The molecule has 2 aromatic carbocycles. The molecule has 0 unspecified atom stereocenters. The lowest BCUT2D eigenvalue weighted by atomic mass is 9.97. The number of sulfonamides is 1. The summed E-state index contributed by atoms with van der Waals surface area (Å²) in [6.45, 7) is 0. The molecule has 2 heterocycles. The van der Waals surface area contributed by atoms with Gasteiger partial charge in [0.05, 0.1) is 11.4 Å². The molecule has 0 aliphatic heterocycles. The highest BCUT2D eigenvalue weighted by Gasteiger charge is 2.29. The first-order valence-corrected chi connectivity index (χ1v) is 13.8. The van der Waals surface area contributed by atoms with Gasteiger partial charge in [0.2, 0.25) is 15.2 Å². The number of carboxylic acids is 1. The van der Waals surface area contributed by atoms with Gasteiger partial charge in [-0.1, -0.05) is 29.8 Å². The van der Waals surface area contributed by atoms with Crippen molar-refractivity contribution in [3.05, 3.63) is 81.2 Å². The number of halogens is 2. The molecule has 1 aliphatic rings. The second kappa shape index (κ2) is 9.40. The van der Waals surface area contributed by atoms with Gasteiger partial charge in [-0.05, 0) is 55.0 Å². The van der Waals surface area contributed by atoms with Crippen LogP contribution in [0.4, 0.5) is 4.39 Å². The summed E-state index contributed by atoms with van der Waals surface area (Å²) in [7, 11) is -4.19. The van der Waals surface area contributed by atoms with Crippen molar-refractivity contribution in [2.75, 3.05) is 0 Å². The molecule has 5 rings (SSSR count). The van der Waals surface area contributed by atoms with Crippen molar-refractivity contribution in [2.45, 2.75) is 30.6 Å². The van der Waals surface area contributed by atoms with Crippen LogP contribution < -0.4 is 5.14 Å². The van der Waals surface area contributed by atoms with Gasteiger partial charge in [-0.25, -0.2) is 32.4 Å². The first-order chi connectivity index (χ1) is 17.1. The average molecular weight is 547 g/mol. The van der Waals surface area contributed by atoms with Crippen molar-refractivity contribution in [2.24, 2.45) is 11.1 Å². The summed E-state index contributed by atoms with van der Waals surface area (Å²) < 4.78 is 39.6. The number of nitrogens with two attached hydrogens (primary N) is 1. The number of aromatic carboxylic acids is 1. The Morgan fingerprint density at radius 1 is 1.22 bits per heavy atom. The average Bonchev–Trinajstić information content (AvgIpc) is 3.37. The third kappa shape index (κ3) is 5.05. The van der Waals surface area contributed by atoms with Crippen molar-refractivity contribution in [3.63, 3.8) is 0 Å². The van der Waals surface area contributed by atoms with Crippen LogP contribution in [0.5, 0.6) is 0 Å². The highest BCUT2D eigenvalue weighted by atomic mass is 35.5. The lowest BCUT2D eigenvalue weighted by Gasteiger charge is -2.10. The normalized spacial score (nSPS) is 13.8. The summed E-state index contributed by atoms with van der Waals surface area (Å²) in [6, 6.07) is 11.0. The quantitative estimate of drug-likeness (QED) is 0.330. The molecule has 0 amide bonds. The number of primary sulfonamides is 1. The minimum atomic E-state index is -4.19. The summed E-state index contributed by atoms with van der Waals surface area (Å²) in [6.07, 6.45) is 3.09. The zero-order valence-corrected chi connectivity index (χ0v) is 21.1. The molecule has 36 heavy (non-hydrogen) atoms. The Balaban J connectivity index is 1.67. The van der Waals surface area contributed by atoms with Gasteiger partial charge in [-0.3, -0.25) is 0 Å². The van der Waals surface area contributed by atoms with Crippen LogP contribution in [0, 0.1) is 11.7 Å². The van der Waals surface area contributed by atoms with Crippen LogP contribution in [0.1, 0.15) is 40.2 Å². The minimum absolute atomic E-state index is 0.0712. The minimum Gasteiger partial charge on any atom is -0.476 e. The third-order valence-electron chi connectivity index (χ3n) is 5.96. The number of nitrogens with zero attached hydrogens (tertiary/aromatic N) is 3. The second-order valence-corrected chi connectivity index (χ2v) is 11.4. The molecule has 1 aliphatic carbocycles. The predicted octanol–water partition coefficient (Wildman–Crippen LogP) is 4.68. The molecule has 0 saturated heterocycles. The Morgan fingerprint density at radius 3 is 2.53 bits per heavy atom. The van der Waals surface area contributed by atoms with E-state index in [1.54, 1.807) is 16.8 Å². The van der Waals surface area contributed by atoms with Gasteiger partial charge in [-0.2, -0.15) is 5.10 Å². The second-order valence-electron chi connectivity index (χ2n) is 8.65. The standard InChI is InChI=1S/C24H20ClFN4O4S2/c25-16-6-4-15(5-7-16)22-17(9-14-3-8-21(18(26)10-14)36(27,33)34)20(11-13-1-2-13)30(29-22)24-28-19(12-35-24)23(31)32/h3-8,10,12-13H,1-2,9,11H2,(H,31,32)(H2,27,33,34). The smallest absolute Gasteiger partial charge is 0.355 e. The van der Waals surface area contributed by atoms with E-state index in [1.807, 2.05) is 12.1 Å². The van der Waals surface area contributed by atoms with E-state index < -0.39 is 26.7 Å². The molecule has 0 radical (unpaired) electrons. The Bertz CT molecular complexity index is 1580. The molecule has 0 atom stereocenters. The van der Waals surface area contributed by atoms with E-state index in [9.17, 15) is 22.7 Å². The molecule has 12 heteroatoms. The number of carboxylic acid groups (broad SMARTS) is 1. The summed E-state index contributed by atoms with van der Waals surface area (Å²) in [5, 5.41) is 21.7. The van der Waals surface area contributed by atoms with Crippen molar-refractivity contribution in [1.29, 1.82) is 0 Å². The molecule has 8 nitrogen and oxygen atoms in total. The topological polar surface area (TPSA) is 128 Å². The van der Waals surface area contributed by atoms with Crippen LogP contribution in [0.15, 0.2) is 52.7 Å². The van der Waals surface area contributed by atoms with Gasteiger partial charge < -0.3 is 5.11 Å².